The van der Waals surface area contributed by atoms with E-state index in [1.165, 1.54) is 5.56 Å². The molecular formula is C9H16N2. The standard InChI is InChI=1S/C9H14N2.H2/c1-2-10-6-3-9-4-7-11-8-5-9;/h4-5,7-8,10H,2-3,6H2,1H3;1H. The minimum Gasteiger partial charge on any atom is -0.317 e. The summed E-state index contributed by atoms with van der Waals surface area (Å²) in [5.41, 5.74) is 1.35. The molecular weight excluding hydrogens is 136 g/mol. The van der Waals surface area contributed by atoms with Gasteiger partial charge in [-0.1, -0.05) is 6.92 Å². The molecule has 11 heavy (non-hydrogen) atoms. The Morgan fingerprint density at radius 3 is 2.82 bits per heavy atom. The zero-order chi connectivity index (χ0) is 7.94. The Bertz CT molecular complexity index is 189. The Hall–Kier alpha value is -0.890. The fourth-order valence-corrected chi connectivity index (χ4v) is 0.959. The fourth-order valence-electron chi connectivity index (χ4n) is 0.959. The average molecular weight is 152 g/mol. The molecule has 0 fully saturated rings. The highest BCUT2D eigenvalue weighted by molar-refractivity contribution is 5.09. The van der Waals surface area contributed by atoms with E-state index in [1.54, 1.807) is 0 Å². The van der Waals surface area contributed by atoms with E-state index >= 15 is 0 Å². The Kier molecular flexibility index (Phi) is 3.62. The van der Waals surface area contributed by atoms with Crippen LogP contribution >= 0.6 is 0 Å². The summed E-state index contributed by atoms with van der Waals surface area (Å²) in [5, 5.41) is 3.28. The summed E-state index contributed by atoms with van der Waals surface area (Å²) in [7, 11) is 0. The number of likely N-dealkylation sites (N-methyl/N-ethyl adjacent to an activating group) is 1. The van der Waals surface area contributed by atoms with E-state index < -0.39 is 0 Å². The lowest BCUT2D eigenvalue weighted by Gasteiger charge is -2.00. The van der Waals surface area contributed by atoms with Crippen LogP contribution in [0.2, 0.25) is 0 Å². The molecule has 2 heteroatoms. The van der Waals surface area contributed by atoms with Gasteiger partial charge in [-0.25, -0.2) is 0 Å². The number of hydrogen-bond donors (Lipinski definition) is 1. The minimum absolute atomic E-state index is 0. The molecule has 62 valence electrons. The highest BCUT2D eigenvalue weighted by Gasteiger charge is 1.88. The molecule has 0 saturated heterocycles. The van der Waals surface area contributed by atoms with Gasteiger partial charge in [0.15, 0.2) is 0 Å². The van der Waals surface area contributed by atoms with Crippen molar-refractivity contribution in [2.45, 2.75) is 13.3 Å². The third-order valence-electron chi connectivity index (χ3n) is 1.59. The van der Waals surface area contributed by atoms with E-state index in [1.807, 2.05) is 12.4 Å². The number of nitrogens with one attached hydrogen (secondary N) is 1. The first-order chi connectivity index (χ1) is 5.43. The lowest BCUT2D eigenvalue weighted by Crippen LogP contribution is -2.15. The maximum absolute atomic E-state index is 3.95. The van der Waals surface area contributed by atoms with Gasteiger partial charge in [0, 0.05) is 13.8 Å². The zero-order valence-electron chi connectivity index (χ0n) is 6.88. The largest absolute Gasteiger partial charge is 0.317 e. The molecule has 1 aromatic rings. The molecule has 1 rings (SSSR count). The van der Waals surface area contributed by atoms with Gasteiger partial charge in [-0.05, 0) is 37.2 Å². The van der Waals surface area contributed by atoms with Crippen molar-refractivity contribution in [2.24, 2.45) is 0 Å². The lowest BCUT2D eigenvalue weighted by atomic mass is 10.2. The maximum Gasteiger partial charge on any atom is 0.0270 e. The van der Waals surface area contributed by atoms with Crippen molar-refractivity contribution < 1.29 is 1.43 Å². The normalized spacial score (nSPS) is 9.91. The van der Waals surface area contributed by atoms with E-state index in [0.29, 0.717) is 0 Å². The van der Waals surface area contributed by atoms with Crippen molar-refractivity contribution in [3.8, 4) is 0 Å². The molecule has 1 aromatic heterocycles. The van der Waals surface area contributed by atoms with Crippen LogP contribution in [0.1, 0.15) is 13.9 Å². The van der Waals surface area contributed by atoms with Crippen molar-refractivity contribution in [3.05, 3.63) is 30.1 Å². The van der Waals surface area contributed by atoms with E-state index in [-0.39, 0.29) is 1.43 Å². The van der Waals surface area contributed by atoms with Crippen LogP contribution in [0.25, 0.3) is 0 Å². The molecule has 0 saturated carbocycles. The summed E-state index contributed by atoms with van der Waals surface area (Å²) in [5.74, 6) is 0. The second kappa shape index (κ2) is 4.85. The maximum atomic E-state index is 3.95. The van der Waals surface area contributed by atoms with Gasteiger partial charge in [0.25, 0.3) is 0 Å². The highest BCUT2D eigenvalue weighted by atomic mass is 14.8. The molecule has 2 nitrogen and oxygen atoms in total. The van der Waals surface area contributed by atoms with Crippen LogP contribution in [0.4, 0.5) is 0 Å². The molecule has 0 aromatic carbocycles. The molecule has 1 N–H and O–H groups in total. The van der Waals surface area contributed by atoms with Crippen molar-refractivity contribution in [1.82, 2.24) is 10.3 Å². The van der Waals surface area contributed by atoms with Gasteiger partial charge >= 0.3 is 0 Å². The van der Waals surface area contributed by atoms with Crippen molar-refractivity contribution in [3.63, 3.8) is 0 Å². The van der Waals surface area contributed by atoms with Gasteiger partial charge in [0.1, 0.15) is 0 Å². The lowest BCUT2D eigenvalue weighted by molar-refractivity contribution is 0.716. The van der Waals surface area contributed by atoms with Crippen LogP contribution in [0.5, 0.6) is 0 Å². The number of aromatic nitrogens is 1. The number of nitrogens with zero attached hydrogens (tertiary/aromatic N) is 1. The minimum atomic E-state index is 0. The SMILES string of the molecule is CCNCCc1ccncc1.[HH]. The molecule has 0 unspecified atom stereocenters. The predicted molar refractivity (Wildman–Crippen MR) is 48.6 cm³/mol. The Labute approximate surface area is 69.1 Å². The Morgan fingerprint density at radius 1 is 1.45 bits per heavy atom. The first kappa shape index (κ1) is 8.21. The van der Waals surface area contributed by atoms with Gasteiger partial charge in [0.05, 0.1) is 0 Å². The first-order valence-corrected chi connectivity index (χ1v) is 4.03. The van der Waals surface area contributed by atoms with Crippen molar-refractivity contribution in [1.29, 1.82) is 0 Å². The topological polar surface area (TPSA) is 24.9 Å². The van der Waals surface area contributed by atoms with E-state index in [0.717, 1.165) is 19.5 Å². The molecule has 0 aliphatic carbocycles. The summed E-state index contributed by atoms with van der Waals surface area (Å²) >= 11 is 0. The first-order valence-electron chi connectivity index (χ1n) is 4.03. The van der Waals surface area contributed by atoms with Gasteiger partial charge in [-0.2, -0.15) is 0 Å². The summed E-state index contributed by atoms with van der Waals surface area (Å²) in [6, 6.07) is 4.11. The number of hydrogen-bond acceptors (Lipinski definition) is 2. The van der Waals surface area contributed by atoms with E-state index in [9.17, 15) is 0 Å². The molecule has 0 atom stereocenters. The molecule has 1 heterocycles. The molecule has 0 radical (unpaired) electrons. The van der Waals surface area contributed by atoms with Gasteiger partial charge in [0.2, 0.25) is 0 Å². The monoisotopic (exact) mass is 152 g/mol. The van der Waals surface area contributed by atoms with Crippen molar-refractivity contribution in [2.75, 3.05) is 13.1 Å². The van der Waals surface area contributed by atoms with Crippen LogP contribution in [-0.4, -0.2) is 18.1 Å². The molecule has 0 bridgehead atoms. The molecule has 0 aliphatic heterocycles. The van der Waals surface area contributed by atoms with E-state index in [2.05, 4.69) is 29.4 Å². The number of pyridine rings is 1. The Morgan fingerprint density at radius 2 is 2.18 bits per heavy atom. The molecule has 0 spiro atoms. The van der Waals surface area contributed by atoms with E-state index in [4.69, 9.17) is 0 Å². The van der Waals surface area contributed by atoms with Crippen LogP contribution in [0.3, 0.4) is 0 Å². The molecule has 0 aliphatic rings. The third kappa shape index (κ3) is 3.14. The highest BCUT2D eigenvalue weighted by Crippen LogP contribution is 1.95. The Balaban J connectivity index is 0.00000121. The van der Waals surface area contributed by atoms with Crippen LogP contribution in [-0.2, 0) is 6.42 Å². The van der Waals surface area contributed by atoms with Gasteiger partial charge in [-0.15, -0.1) is 0 Å². The predicted octanol–water partition coefficient (Wildman–Crippen LogP) is 1.48. The molecule has 0 amide bonds. The second-order valence-corrected chi connectivity index (χ2v) is 2.46. The smallest absolute Gasteiger partial charge is 0.0270 e. The van der Waals surface area contributed by atoms with Crippen LogP contribution in [0.15, 0.2) is 24.5 Å². The number of rotatable bonds is 4. The summed E-state index contributed by atoms with van der Waals surface area (Å²) in [6.45, 7) is 4.22. The second-order valence-electron chi connectivity index (χ2n) is 2.46. The van der Waals surface area contributed by atoms with Gasteiger partial charge in [-0.3, -0.25) is 4.98 Å². The summed E-state index contributed by atoms with van der Waals surface area (Å²) in [4.78, 5) is 3.95. The fraction of sp³-hybridized carbons (Fsp3) is 0.444. The quantitative estimate of drug-likeness (QED) is 0.661. The summed E-state index contributed by atoms with van der Waals surface area (Å²) in [6.07, 6.45) is 4.76. The third-order valence-corrected chi connectivity index (χ3v) is 1.59. The van der Waals surface area contributed by atoms with Crippen LogP contribution in [0, 0.1) is 0 Å². The van der Waals surface area contributed by atoms with Crippen LogP contribution < -0.4 is 5.32 Å². The zero-order valence-corrected chi connectivity index (χ0v) is 6.88. The van der Waals surface area contributed by atoms with Gasteiger partial charge < -0.3 is 5.32 Å². The average Bonchev–Trinajstić information content (AvgIpc) is 2.07. The van der Waals surface area contributed by atoms with Crippen molar-refractivity contribution >= 4 is 0 Å². The summed E-state index contributed by atoms with van der Waals surface area (Å²) < 4.78 is 0.